The quantitative estimate of drug-likeness (QED) is 0.864. The number of aliphatic hydroxyl groups excluding tert-OH is 1. The second-order valence-electron chi connectivity index (χ2n) is 5.33. The van der Waals surface area contributed by atoms with E-state index in [1.807, 2.05) is 0 Å². The Kier molecular flexibility index (Phi) is 3.62. The van der Waals surface area contributed by atoms with Crippen LogP contribution in [-0.4, -0.2) is 34.8 Å². The Morgan fingerprint density at radius 1 is 1.41 bits per heavy atom. The van der Waals surface area contributed by atoms with E-state index in [-0.39, 0.29) is 6.10 Å². The molecule has 0 amide bonds. The first-order valence-electron chi connectivity index (χ1n) is 6.27. The minimum atomic E-state index is -0.0787. The summed E-state index contributed by atoms with van der Waals surface area (Å²) in [5.74, 6) is 2.01. The van der Waals surface area contributed by atoms with E-state index in [4.69, 9.17) is 0 Å². The van der Waals surface area contributed by atoms with Gasteiger partial charge in [-0.1, -0.05) is 13.8 Å². The molecule has 2 rings (SSSR count). The number of hydrogen-bond acceptors (Lipinski definition) is 4. The fourth-order valence-corrected chi connectivity index (χ4v) is 2.22. The zero-order valence-corrected chi connectivity index (χ0v) is 10.8. The molecule has 1 N–H and O–H groups in total. The lowest BCUT2D eigenvalue weighted by Gasteiger charge is -2.34. The van der Waals surface area contributed by atoms with E-state index < -0.39 is 0 Å². The number of hydrogen-bond donors (Lipinski definition) is 1. The van der Waals surface area contributed by atoms with E-state index >= 15 is 0 Å². The van der Waals surface area contributed by atoms with E-state index in [0.29, 0.717) is 11.8 Å². The van der Waals surface area contributed by atoms with E-state index in [2.05, 4.69) is 41.8 Å². The maximum absolute atomic E-state index is 9.27. The summed E-state index contributed by atoms with van der Waals surface area (Å²) in [4.78, 5) is 10.7. The van der Waals surface area contributed by atoms with Gasteiger partial charge in [0.05, 0.1) is 6.10 Å². The SMILES string of the molecule is CC(C)c1cc(N(C)CC2CC(O)C2)ncn1. The molecule has 94 valence electrons. The predicted molar refractivity (Wildman–Crippen MR) is 68.1 cm³/mol. The lowest BCUT2D eigenvalue weighted by molar-refractivity contribution is 0.0464. The van der Waals surface area contributed by atoms with Gasteiger partial charge >= 0.3 is 0 Å². The second kappa shape index (κ2) is 5.00. The molecule has 1 aromatic rings. The third-order valence-electron chi connectivity index (χ3n) is 3.40. The number of nitrogens with zero attached hydrogens (tertiary/aromatic N) is 3. The van der Waals surface area contributed by atoms with Gasteiger partial charge in [-0.3, -0.25) is 0 Å². The zero-order chi connectivity index (χ0) is 12.4. The van der Waals surface area contributed by atoms with Crippen LogP contribution in [0.4, 0.5) is 5.82 Å². The Bertz CT molecular complexity index is 375. The molecule has 1 heterocycles. The summed E-state index contributed by atoms with van der Waals surface area (Å²) in [6.45, 7) is 5.23. The van der Waals surface area contributed by atoms with Crippen LogP contribution in [0.15, 0.2) is 12.4 Å². The largest absolute Gasteiger partial charge is 0.393 e. The first kappa shape index (κ1) is 12.3. The van der Waals surface area contributed by atoms with Gasteiger partial charge in [-0.05, 0) is 24.7 Å². The van der Waals surface area contributed by atoms with Crippen molar-refractivity contribution in [2.24, 2.45) is 5.92 Å². The predicted octanol–water partition coefficient (Wildman–Crippen LogP) is 1.81. The maximum atomic E-state index is 9.27. The van der Waals surface area contributed by atoms with Crippen molar-refractivity contribution in [3.63, 3.8) is 0 Å². The second-order valence-corrected chi connectivity index (χ2v) is 5.33. The van der Waals surface area contributed by atoms with Gasteiger partial charge in [0.2, 0.25) is 0 Å². The molecule has 0 unspecified atom stereocenters. The van der Waals surface area contributed by atoms with Gasteiger partial charge in [0.1, 0.15) is 12.1 Å². The molecule has 1 aliphatic rings. The van der Waals surface area contributed by atoms with E-state index in [0.717, 1.165) is 30.9 Å². The Hall–Kier alpha value is -1.16. The minimum Gasteiger partial charge on any atom is -0.393 e. The summed E-state index contributed by atoms with van der Waals surface area (Å²) in [5, 5.41) is 9.27. The van der Waals surface area contributed by atoms with Crippen LogP contribution in [0.3, 0.4) is 0 Å². The van der Waals surface area contributed by atoms with Crippen LogP contribution < -0.4 is 4.90 Å². The molecule has 4 nitrogen and oxygen atoms in total. The van der Waals surface area contributed by atoms with Crippen molar-refractivity contribution in [1.29, 1.82) is 0 Å². The summed E-state index contributed by atoms with van der Waals surface area (Å²) in [7, 11) is 2.05. The van der Waals surface area contributed by atoms with Gasteiger partial charge in [0, 0.05) is 25.4 Å². The number of rotatable bonds is 4. The number of aliphatic hydroxyl groups is 1. The van der Waals surface area contributed by atoms with Crippen LogP contribution in [0, 0.1) is 5.92 Å². The highest BCUT2D eigenvalue weighted by atomic mass is 16.3. The Balaban J connectivity index is 1.98. The fourth-order valence-electron chi connectivity index (χ4n) is 2.22. The summed E-state index contributed by atoms with van der Waals surface area (Å²) in [6, 6.07) is 2.06. The first-order valence-corrected chi connectivity index (χ1v) is 6.27. The van der Waals surface area contributed by atoms with Crippen LogP contribution in [-0.2, 0) is 0 Å². The molecular formula is C13H21N3O. The molecule has 1 saturated carbocycles. The molecule has 0 spiro atoms. The average molecular weight is 235 g/mol. The van der Waals surface area contributed by atoms with Gasteiger partial charge in [-0.2, -0.15) is 0 Å². The molecule has 0 radical (unpaired) electrons. The highest BCUT2D eigenvalue weighted by Gasteiger charge is 2.28. The standard InChI is InChI=1S/C13H21N3O/c1-9(2)12-6-13(15-8-14-12)16(3)7-10-4-11(17)5-10/h6,8-11,17H,4-5,7H2,1-3H3. The van der Waals surface area contributed by atoms with E-state index in [1.54, 1.807) is 6.33 Å². The molecule has 0 atom stereocenters. The Morgan fingerprint density at radius 2 is 2.12 bits per heavy atom. The summed E-state index contributed by atoms with van der Waals surface area (Å²) in [5.41, 5.74) is 1.08. The van der Waals surface area contributed by atoms with Crippen LogP contribution in [0.2, 0.25) is 0 Å². The van der Waals surface area contributed by atoms with Crippen molar-refractivity contribution in [3.05, 3.63) is 18.1 Å². The van der Waals surface area contributed by atoms with Crippen molar-refractivity contribution >= 4 is 5.82 Å². The average Bonchev–Trinajstić information content (AvgIpc) is 2.27. The molecule has 1 aromatic heterocycles. The van der Waals surface area contributed by atoms with Gasteiger partial charge in [-0.25, -0.2) is 9.97 Å². The topological polar surface area (TPSA) is 49.2 Å². The first-order chi connectivity index (χ1) is 8.06. The molecule has 0 aliphatic heterocycles. The summed E-state index contributed by atoms with van der Waals surface area (Å²) in [6.07, 6.45) is 3.40. The highest BCUT2D eigenvalue weighted by Crippen LogP contribution is 2.28. The molecule has 0 aromatic carbocycles. The highest BCUT2D eigenvalue weighted by molar-refractivity contribution is 5.38. The van der Waals surface area contributed by atoms with Crippen molar-refractivity contribution < 1.29 is 5.11 Å². The monoisotopic (exact) mass is 235 g/mol. The molecule has 0 bridgehead atoms. The van der Waals surface area contributed by atoms with Crippen LogP contribution in [0.25, 0.3) is 0 Å². The lowest BCUT2D eigenvalue weighted by atomic mass is 9.82. The Morgan fingerprint density at radius 3 is 2.71 bits per heavy atom. The number of aromatic nitrogens is 2. The van der Waals surface area contributed by atoms with E-state index in [1.165, 1.54) is 0 Å². The van der Waals surface area contributed by atoms with Gasteiger partial charge in [-0.15, -0.1) is 0 Å². The molecule has 4 heteroatoms. The molecular weight excluding hydrogens is 214 g/mol. The van der Waals surface area contributed by atoms with Crippen molar-refractivity contribution in [2.75, 3.05) is 18.5 Å². The fraction of sp³-hybridized carbons (Fsp3) is 0.692. The third-order valence-corrected chi connectivity index (χ3v) is 3.40. The normalized spacial score (nSPS) is 23.6. The minimum absolute atomic E-state index is 0.0787. The number of anilines is 1. The zero-order valence-electron chi connectivity index (χ0n) is 10.8. The van der Waals surface area contributed by atoms with Crippen molar-refractivity contribution in [2.45, 2.75) is 38.7 Å². The van der Waals surface area contributed by atoms with Gasteiger partial charge < -0.3 is 10.0 Å². The summed E-state index contributed by atoms with van der Waals surface area (Å²) >= 11 is 0. The Labute approximate surface area is 103 Å². The van der Waals surface area contributed by atoms with Crippen LogP contribution in [0.1, 0.15) is 38.3 Å². The third kappa shape index (κ3) is 2.94. The smallest absolute Gasteiger partial charge is 0.131 e. The van der Waals surface area contributed by atoms with Crippen LogP contribution in [0.5, 0.6) is 0 Å². The van der Waals surface area contributed by atoms with Crippen molar-refractivity contribution in [3.8, 4) is 0 Å². The molecule has 17 heavy (non-hydrogen) atoms. The molecule has 1 fully saturated rings. The lowest BCUT2D eigenvalue weighted by Crippen LogP contribution is -2.37. The molecule has 0 saturated heterocycles. The van der Waals surface area contributed by atoms with Crippen LogP contribution >= 0.6 is 0 Å². The van der Waals surface area contributed by atoms with Crippen molar-refractivity contribution in [1.82, 2.24) is 9.97 Å². The maximum Gasteiger partial charge on any atom is 0.131 e. The summed E-state index contributed by atoms with van der Waals surface area (Å²) < 4.78 is 0. The molecule has 1 aliphatic carbocycles. The van der Waals surface area contributed by atoms with Gasteiger partial charge in [0.15, 0.2) is 0 Å². The van der Waals surface area contributed by atoms with Gasteiger partial charge in [0.25, 0.3) is 0 Å². The van der Waals surface area contributed by atoms with E-state index in [9.17, 15) is 5.11 Å².